The van der Waals surface area contributed by atoms with Crippen molar-refractivity contribution in [1.29, 1.82) is 0 Å². The van der Waals surface area contributed by atoms with Crippen LogP contribution in [-0.2, 0) is 14.2 Å². The van der Waals surface area contributed by atoms with Gasteiger partial charge in [0.25, 0.3) is 0 Å². The summed E-state index contributed by atoms with van der Waals surface area (Å²) in [6.07, 6.45) is 12.4. The van der Waals surface area contributed by atoms with E-state index in [1.54, 1.807) is 23.8 Å². The molecule has 0 bridgehead atoms. The first-order valence-corrected chi connectivity index (χ1v) is 9.57. The van der Waals surface area contributed by atoms with E-state index in [9.17, 15) is 0 Å². The van der Waals surface area contributed by atoms with E-state index in [0.29, 0.717) is 24.0 Å². The van der Waals surface area contributed by atoms with Crippen LogP contribution in [0.1, 0.15) is 45.4 Å². The van der Waals surface area contributed by atoms with Crippen molar-refractivity contribution in [2.24, 2.45) is 17.3 Å². The fourth-order valence-corrected chi connectivity index (χ4v) is 6.19. The minimum Gasteiger partial charge on any atom is -0.501 e. The predicted octanol–water partition coefficient (Wildman–Crippen LogP) is 4.16. The van der Waals surface area contributed by atoms with Gasteiger partial charge in [0.05, 0.1) is 38.3 Å². The van der Waals surface area contributed by atoms with Crippen molar-refractivity contribution in [1.82, 2.24) is 0 Å². The quantitative estimate of drug-likeness (QED) is 0.677. The molecule has 5 aliphatic rings. The standard InChI is InChI=1S/C21H28O3/c1-21-8-7-16-15-6-4-14(22-2)11-13(15)3-5-17(16)18(21)12-19-20(21)24-10-9-23-19/h4-5,16,18-20H,3,6-12H2,1-2H3/t16-,18+,19?,20?,21+/m1/s1. The van der Waals surface area contributed by atoms with Gasteiger partial charge in [0, 0.05) is 17.8 Å². The molecule has 1 aliphatic heterocycles. The van der Waals surface area contributed by atoms with Gasteiger partial charge in [0.1, 0.15) is 0 Å². The summed E-state index contributed by atoms with van der Waals surface area (Å²) in [5, 5.41) is 0. The Morgan fingerprint density at radius 1 is 1.17 bits per heavy atom. The molecule has 1 heterocycles. The van der Waals surface area contributed by atoms with Gasteiger partial charge < -0.3 is 14.2 Å². The second-order valence-corrected chi connectivity index (χ2v) is 8.38. The minimum absolute atomic E-state index is 0.272. The number of fused-ring (bicyclic) bond motifs is 6. The number of allylic oxidation sites excluding steroid dienone is 5. The highest BCUT2D eigenvalue weighted by Crippen LogP contribution is 2.61. The SMILES string of the molecule is COC1=CCC2=C(CC=C3[C@@H]2CC[C@]2(C)C4OCCOC4C[C@@H]32)C1. The molecule has 5 rings (SSSR count). The monoisotopic (exact) mass is 328 g/mol. The first-order chi connectivity index (χ1) is 11.7. The van der Waals surface area contributed by atoms with E-state index in [4.69, 9.17) is 14.2 Å². The Morgan fingerprint density at radius 3 is 2.92 bits per heavy atom. The molecule has 0 N–H and O–H groups in total. The molecule has 0 aromatic carbocycles. The molecule has 3 nitrogen and oxygen atoms in total. The Kier molecular flexibility index (Phi) is 3.47. The molecular formula is C21H28O3. The lowest BCUT2D eigenvalue weighted by atomic mass is 9.58. The summed E-state index contributed by atoms with van der Waals surface area (Å²) in [6.45, 7) is 4.00. The van der Waals surface area contributed by atoms with Crippen LogP contribution in [0.3, 0.4) is 0 Å². The summed E-state index contributed by atoms with van der Waals surface area (Å²) in [6, 6.07) is 0. The molecule has 0 radical (unpaired) electrons. The molecule has 0 aromatic rings. The van der Waals surface area contributed by atoms with Gasteiger partial charge in [-0.1, -0.05) is 29.7 Å². The van der Waals surface area contributed by atoms with E-state index in [2.05, 4.69) is 19.1 Å². The molecule has 0 spiro atoms. The molecule has 24 heavy (non-hydrogen) atoms. The van der Waals surface area contributed by atoms with Gasteiger partial charge in [-0.3, -0.25) is 0 Å². The zero-order valence-corrected chi connectivity index (χ0v) is 14.8. The third-order valence-corrected chi connectivity index (χ3v) is 7.40. The van der Waals surface area contributed by atoms with Crippen LogP contribution in [0.25, 0.3) is 0 Å². The van der Waals surface area contributed by atoms with Gasteiger partial charge in [-0.2, -0.15) is 0 Å². The fraction of sp³-hybridized carbons (Fsp3) is 0.714. The molecule has 3 fully saturated rings. The number of methoxy groups -OCH3 is 1. The zero-order chi connectivity index (χ0) is 16.3. The summed E-state index contributed by atoms with van der Waals surface area (Å²) in [7, 11) is 1.80. The van der Waals surface area contributed by atoms with E-state index < -0.39 is 0 Å². The van der Waals surface area contributed by atoms with Gasteiger partial charge in [-0.05, 0) is 44.1 Å². The number of ether oxygens (including phenoxy) is 3. The molecule has 2 unspecified atom stereocenters. The number of hydrogen-bond acceptors (Lipinski definition) is 3. The Morgan fingerprint density at radius 2 is 2.04 bits per heavy atom. The minimum atomic E-state index is 0.272. The van der Waals surface area contributed by atoms with Crippen molar-refractivity contribution in [3.8, 4) is 0 Å². The second kappa shape index (κ2) is 5.47. The smallest absolute Gasteiger partial charge is 0.0959 e. The van der Waals surface area contributed by atoms with Crippen LogP contribution in [0.5, 0.6) is 0 Å². The maximum Gasteiger partial charge on any atom is 0.0959 e. The summed E-state index contributed by atoms with van der Waals surface area (Å²) in [5.41, 5.74) is 5.30. The number of hydrogen-bond donors (Lipinski definition) is 0. The summed E-state index contributed by atoms with van der Waals surface area (Å²) in [5.74, 6) is 2.47. The molecule has 0 aromatic heterocycles. The average molecular weight is 328 g/mol. The maximum atomic E-state index is 6.20. The van der Waals surface area contributed by atoms with Crippen LogP contribution in [0.15, 0.2) is 34.6 Å². The lowest BCUT2D eigenvalue weighted by molar-refractivity contribution is -0.158. The van der Waals surface area contributed by atoms with Crippen LogP contribution >= 0.6 is 0 Å². The highest BCUT2D eigenvalue weighted by Gasteiger charge is 2.58. The highest BCUT2D eigenvalue weighted by atomic mass is 16.6. The lowest BCUT2D eigenvalue weighted by Gasteiger charge is -2.48. The van der Waals surface area contributed by atoms with Crippen molar-refractivity contribution in [2.45, 2.75) is 57.7 Å². The van der Waals surface area contributed by atoms with Crippen molar-refractivity contribution >= 4 is 0 Å². The van der Waals surface area contributed by atoms with Gasteiger partial charge >= 0.3 is 0 Å². The maximum absolute atomic E-state index is 6.20. The number of rotatable bonds is 1. The zero-order valence-electron chi connectivity index (χ0n) is 14.8. The molecule has 3 heteroatoms. The van der Waals surface area contributed by atoms with Crippen LogP contribution in [0.4, 0.5) is 0 Å². The van der Waals surface area contributed by atoms with Crippen LogP contribution < -0.4 is 0 Å². The van der Waals surface area contributed by atoms with Crippen molar-refractivity contribution in [3.05, 3.63) is 34.6 Å². The Bertz CT molecular complexity index is 643. The normalized spacial score (nSPS) is 43.9. The second-order valence-electron chi connectivity index (χ2n) is 8.38. The molecule has 1 saturated heterocycles. The molecular weight excluding hydrogens is 300 g/mol. The van der Waals surface area contributed by atoms with E-state index in [1.807, 2.05) is 0 Å². The predicted molar refractivity (Wildman–Crippen MR) is 92.5 cm³/mol. The Labute approximate surface area is 144 Å². The molecule has 0 amide bonds. The van der Waals surface area contributed by atoms with E-state index >= 15 is 0 Å². The average Bonchev–Trinajstić information content (AvgIpc) is 2.94. The highest BCUT2D eigenvalue weighted by molar-refractivity contribution is 5.42. The van der Waals surface area contributed by atoms with Crippen LogP contribution in [0, 0.1) is 17.3 Å². The fourth-order valence-electron chi connectivity index (χ4n) is 6.19. The molecule has 2 saturated carbocycles. The largest absolute Gasteiger partial charge is 0.501 e. The first kappa shape index (κ1) is 15.2. The summed E-state index contributed by atoms with van der Waals surface area (Å²) < 4.78 is 17.8. The first-order valence-electron chi connectivity index (χ1n) is 9.57. The van der Waals surface area contributed by atoms with Crippen molar-refractivity contribution in [2.75, 3.05) is 20.3 Å². The van der Waals surface area contributed by atoms with Crippen LogP contribution in [-0.4, -0.2) is 32.5 Å². The van der Waals surface area contributed by atoms with Crippen molar-refractivity contribution < 1.29 is 14.2 Å². The molecule has 4 aliphatic carbocycles. The molecule has 130 valence electrons. The van der Waals surface area contributed by atoms with E-state index in [1.165, 1.54) is 12.8 Å². The van der Waals surface area contributed by atoms with Crippen LogP contribution in [0.2, 0.25) is 0 Å². The Balaban J connectivity index is 1.44. The molecule has 5 atom stereocenters. The summed E-state index contributed by atoms with van der Waals surface area (Å²) in [4.78, 5) is 0. The third kappa shape index (κ3) is 2.04. The van der Waals surface area contributed by atoms with Gasteiger partial charge in [-0.25, -0.2) is 0 Å². The van der Waals surface area contributed by atoms with Gasteiger partial charge in [0.2, 0.25) is 0 Å². The van der Waals surface area contributed by atoms with E-state index in [-0.39, 0.29) is 5.41 Å². The summed E-state index contributed by atoms with van der Waals surface area (Å²) >= 11 is 0. The topological polar surface area (TPSA) is 27.7 Å². The van der Waals surface area contributed by atoms with Crippen molar-refractivity contribution in [3.63, 3.8) is 0 Å². The Hall–Kier alpha value is -1.06. The van der Waals surface area contributed by atoms with E-state index in [0.717, 1.165) is 44.7 Å². The lowest BCUT2D eigenvalue weighted by Crippen LogP contribution is -2.46. The van der Waals surface area contributed by atoms with Gasteiger partial charge in [-0.15, -0.1) is 0 Å². The third-order valence-electron chi connectivity index (χ3n) is 7.40. The van der Waals surface area contributed by atoms with Gasteiger partial charge in [0.15, 0.2) is 0 Å².